The Bertz CT molecular complexity index is 366. The van der Waals surface area contributed by atoms with E-state index in [2.05, 4.69) is 4.74 Å². The molecule has 1 aliphatic heterocycles. The summed E-state index contributed by atoms with van der Waals surface area (Å²) in [6.45, 7) is 0.446. The predicted octanol–water partition coefficient (Wildman–Crippen LogP) is -0.677. The van der Waals surface area contributed by atoms with Gasteiger partial charge >= 0.3 is 5.97 Å². The molecule has 2 aliphatic rings. The molecular formula is C10H13NO5. The molecule has 0 spiro atoms. The largest absolute Gasteiger partial charge is 0.467 e. The maximum atomic E-state index is 11.8. The van der Waals surface area contributed by atoms with Crippen LogP contribution >= 0.6 is 0 Å². The quantitative estimate of drug-likeness (QED) is 0.353. The maximum Gasteiger partial charge on any atom is 0.337 e. The van der Waals surface area contributed by atoms with Gasteiger partial charge in [-0.15, -0.1) is 0 Å². The van der Waals surface area contributed by atoms with Gasteiger partial charge in [0.2, 0.25) is 17.1 Å². The first-order valence-corrected chi connectivity index (χ1v) is 5.09. The minimum Gasteiger partial charge on any atom is -0.467 e. The highest BCUT2D eigenvalue weighted by Gasteiger charge is 2.72. The third-order valence-electron chi connectivity index (χ3n) is 3.36. The highest BCUT2D eigenvalue weighted by atomic mass is 16.7. The third-order valence-corrected chi connectivity index (χ3v) is 3.36. The number of hydrogen-bond acceptors (Lipinski definition) is 6. The van der Waals surface area contributed by atoms with Crippen molar-refractivity contribution in [2.75, 3.05) is 20.8 Å². The summed E-state index contributed by atoms with van der Waals surface area (Å²) in [6.07, 6.45) is 1.25. The number of esters is 1. The van der Waals surface area contributed by atoms with Crippen molar-refractivity contribution in [1.29, 1.82) is 0 Å². The van der Waals surface area contributed by atoms with Gasteiger partial charge in [0.05, 0.1) is 20.1 Å². The molecule has 1 saturated carbocycles. The van der Waals surface area contributed by atoms with Crippen LogP contribution in [0.3, 0.4) is 0 Å². The van der Waals surface area contributed by atoms with Crippen LogP contribution < -0.4 is 0 Å². The number of Topliss-reactive ketones (excluding diaryl/α,β-unsaturated/α-hetero) is 2. The van der Waals surface area contributed by atoms with Crippen LogP contribution in [0.15, 0.2) is 0 Å². The molecule has 0 aromatic rings. The van der Waals surface area contributed by atoms with Crippen LogP contribution in [0, 0.1) is 5.92 Å². The number of methoxy groups -OCH3 is 1. The van der Waals surface area contributed by atoms with Crippen molar-refractivity contribution in [3.8, 4) is 0 Å². The van der Waals surface area contributed by atoms with E-state index in [9.17, 15) is 14.4 Å². The summed E-state index contributed by atoms with van der Waals surface area (Å²) in [4.78, 5) is 39.9. The smallest absolute Gasteiger partial charge is 0.337 e. The summed E-state index contributed by atoms with van der Waals surface area (Å²) in [5.74, 6) is -2.53. The molecule has 2 rings (SSSR count). The van der Waals surface area contributed by atoms with Crippen LogP contribution in [0.4, 0.5) is 0 Å². The van der Waals surface area contributed by atoms with Gasteiger partial charge in [0.1, 0.15) is 0 Å². The van der Waals surface area contributed by atoms with Crippen molar-refractivity contribution in [2.24, 2.45) is 5.92 Å². The molecule has 0 N–H and O–H groups in total. The lowest BCUT2D eigenvalue weighted by Gasteiger charge is -2.51. The molecule has 6 heteroatoms. The Morgan fingerprint density at radius 3 is 2.69 bits per heavy atom. The molecule has 1 saturated heterocycles. The highest BCUT2D eigenvalue weighted by molar-refractivity contribution is 6.54. The number of piperidine rings is 1. The fraction of sp³-hybridized carbons (Fsp3) is 0.700. The lowest BCUT2D eigenvalue weighted by Crippen LogP contribution is -2.78. The number of carbonyl (C=O) groups excluding carboxylic acids is 3. The second-order valence-corrected chi connectivity index (χ2v) is 3.93. The fourth-order valence-corrected chi connectivity index (χ4v) is 2.59. The van der Waals surface area contributed by atoms with Crippen molar-refractivity contribution < 1.29 is 24.0 Å². The zero-order chi connectivity index (χ0) is 11.9. The highest BCUT2D eigenvalue weighted by Crippen LogP contribution is 2.44. The van der Waals surface area contributed by atoms with Crippen molar-refractivity contribution in [2.45, 2.75) is 18.4 Å². The Morgan fingerprint density at radius 1 is 1.44 bits per heavy atom. The van der Waals surface area contributed by atoms with Crippen LogP contribution in [0.25, 0.3) is 0 Å². The monoisotopic (exact) mass is 227 g/mol. The molecule has 0 bridgehead atoms. The van der Waals surface area contributed by atoms with Crippen LogP contribution in [-0.4, -0.2) is 48.9 Å². The summed E-state index contributed by atoms with van der Waals surface area (Å²) in [7, 11) is 2.58. The lowest BCUT2D eigenvalue weighted by molar-refractivity contribution is -0.245. The van der Waals surface area contributed by atoms with E-state index in [1.165, 1.54) is 19.3 Å². The van der Waals surface area contributed by atoms with Gasteiger partial charge in [-0.3, -0.25) is 9.59 Å². The number of nitrogens with zero attached hydrogens (tertiary/aromatic N) is 1. The third kappa shape index (κ3) is 1.06. The second kappa shape index (κ2) is 3.64. The normalized spacial score (nSPS) is 34.2. The Morgan fingerprint density at radius 2 is 2.12 bits per heavy atom. The molecule has 0 amide bonds. The van der Waals surface area contributed by atoms with Gasteiger partial charge in [0.25, 0.3) is 0 Å². The van der Waals surface area contributed by atoms with E-state index in [1.807, 2.05) is 0 Å². The predicted molar refractivity (Wildman–Crippen MR) is 51.2 cm³/mol. The average molecular weight is 227 g/mol. The van der Waals surface area contributed by atoms with Gasteiger partial charge in [-0.2, -0.15) is 5.06 Å². The van der Waals surface area contributed by atoms with Gasteiger partial charge in [-0.1, -0.05) is 0 Å². The number of hydroxylamine groups is 2. The molecule has 0 radical (unpaired) electrons. The van der Waals surface area contributed by atoms with E-state index in [4.69, 9.17) is 4.84 Å². The molecule has 2 fully saturated rings. The van der Waals surface area contributed by atoms with E-state index in [-0.39, 0.29) is 0 Å². The number of ketones is 2. The van der Waals surface area contributed by atoms with E-state index < -0.39 is 29.0 Å². The van der Waals surface area contributed by atoms with Gasteiger partial charge in [0.15, 0.2) is 0 Å². The number of hydrogen-bond donors (Lipinski definition) is 0. The van der Waals surface area contributed by atoms with Gasteiger partial charge in [-0.25, -0.2) is 4.79 Å². The first-order valence-electron chi connectivity index (χ1n) is 5.09. The van der Waals surface area contributed by atoms with Crippen molar-refractivity contribution in [3.63, 3.8) is 0 Å². The molecule has 88 valence electrons. The SMILES string of the molecule is COC(=O)C12C(=O)C(=O)C1CCCN2OC. The zero-order valence-electron chi connectivity index (χ0n) is 9.19. The van der Waals surface area contributed by atoms with Crippen LogP contribution in [0.5, 0.6) is 0 Å². The first-order chi connectivity index (χ1) is 7.60. The fourth-order valence-electron chi connectivity index (χ4n) is 2.59. The molecule has 0 aromatic heterocycles. The molecule has 0 aromatic carbocycles. The number of fused-ring (bicyclic) bond motifs is 1. The summed E-state index contributed by atoms with van der Waals surface area (Å²) < 4.78 is 4.63. The molecule has 2 unspecified atom stereocenters. The zero-order valence-corrected chi connectivity index (χ0v) is 9.19. The van der Waals surface area contributed by atoms with Crippen molar-refractivity contribution in [1.82, 2.24) is 5.06 Å². The molecule has 2 atom stereocenters. The van der Waals surface area contributed by atoms with E-state index in [0.29, 0.717) is 13.0 Å². The summed E-state index contributed by atoms with van der Waals surface area (Å²) in [5.41, 5.74) is -1.52. The van der Waals surface area contributed by atoms with Gasteiger partial charge in [0, 0.05) is 6.54 Å². The van der Waals surface area contributed by atoms with Crippen LogP contribution in [0.1, 0.15) is 12.8 Å². The minimum absolute atomic E-state index is 0.446. The van der Waals surface area contributed by atoms with Crippen LogP contribution in [-0.2, 0) is 24.0 Å². The lowest BCUT2D eigenvalue weighted by atomic mass is 9.60. The molecule has 16 heavy (non-hydrogen) atoms. The summed E-state index contributed by atoms with van der Waals surface area (Å²) in [6, 6.07) is 0. The number of carbonyl (C=O) groups is 3. The molecule has 6 nitrogen and oxygen atoms in total. The molecule has 1 heterocycles. The Kier molecular flexibility index (Phi) is 2.55. The average Bonchev–Trinajstić information content (AvgIpc) is 2.34. The minimum atomic E-state index is -1.52. The Labute approximate surface area is 92.4 Å². The van der Waals surface area contributed by atoms with Crippen LogP contribution in [0.2, 0.25) is 0 Å². The Balaban J connectivity index is 2.43. The number of ether oxygens (including phenoxy) is 1. The van der Waals surface area contributed by atoms with Gasteiger partial charge < -0.3 is 9.57 Å². The van der Waals surface area contributed by atoms with Crippen molar-refractivity contribution in [3.05, 3.63) is 0 Å². The Hall–Kier alpha value is -1.27. The second-order valence-electron chi connectivity index (χ2n) is 3.93. The summed E-state index contributed by atoms with van der Waals surface area (Å²) >= 11 is 0. The number of rotatable bonds is 2. The van der Waals surface area contributed by atoms with E-state index in [0.717, 1.165) is 6.42 Å². The first kappa shape index (κ1) is 11.2. The van der Waals surface area contributed by atoms with E-state index in [1.54, 1.807) is 0 Å². The maximum absolute atomic E-state index is 11.8. The topological polar surface area (TPSA) is 72.9 Å². The molecular weight excluding hydrogens is 214 g/mol. The van der Waals surface area contributed by atoms with Crippen molar-refractivity contribution >= 4 is 17.5 Å². The van der Waals surface area contributed by atoms with Gasteiger partial charge in [-0.05, 0) is 12.8 Å². The van der Waals surface area contributed by atoms with E-state index >= 15 is 0 Å². The standard InChI is InChI=1S/C10H13NO5/c1-15-9(14)10-6(7(12)8(10)13)4-3-5-11(10)16-2/h6H,3-5H2,1-2H3. The molecule has 1 aliphatic carbocycles. The summed E-state index contributed by atoms with van der Waals surface area (Å²) in [5, 5.41) is 1.27.